The third-order valence-electron chi connectivity index (χ3n) is 1.32. The maximum atomic E-state index is 13.2. The quantitative estimate of drug-likeness (QED) is 0.383. The van der Waals surface area contributed by atoms with Gasteiger partial charge < -0.3 is 0 Å². The van der Waals surface area contributed by atoms with Crippen molar-refractivity contribution in [3.05, 3.63) is 33.8 Å². The van der Waals surface area contributed by atoms with Gasteiger partial charge in [0.2, 0.25) is 0 Å². The summed E-state index contributed by atoms with van der Waals surface area (Å²) in [6, 6.07) is 2.43. The fourth-order valence-corrected chi connectivity index (χ4v) is 1.16. The lowest BCUT2D eigenvalue weighted by molar-refractivity contribution is 0.573. The summed E-state index contributed by atoms with van der Waals surface area (Å²) in [5.41, 5.74) is -0.255. The van der Waals surface area contributed by atoms with Crippen molar-refractivity contribution in [3.63, 3.8) is 0 Å². The van der Waals surface area contributed by atoms with Gasteiger partial charge in [-0.3, -0.25) is 0 Å². The summed E-state index contributed by atoms with van der Waals surface area (Å²) in [6.07, 6.45) is 0. The number of hydrogen-bond acceptors (Lipinski definition) is 0. The van der Waals surface area contributed by atoms with Crippen molar-refractivity contribution in [3.8, 4) is 11.8 Å². The Kier molecular flexibility index (Phi) is 3.71. The van der Waals surface area contributed by atoms with Gasteiger partial charge in [-0.05, 0) is 28.1 Å². The number of benzene rings is 1. The third-order valence-corrected chi connectivity index (χ3v) is 2.07. The Hall–Kier alpha value is -0.590. The molecule has 0 aliphatic rings. The Morgan fingerprint density at radius 3 is 2.69 bits per heavy atom. The molecule has 0 nitrogen and oxygen atoms in total. The van der Waals surface area contributed by atoms with Crippen LogP contribution >= 0.6 is 27.5 Å². The summed E-state index contributed by atoms with van der Waals surface area (Å²) in [7, 11) is 0. The Bertz CT molecular complexity index is 379. The van der Waals surface area contributed by atoms with Gasteiger partial charge >= 0.3 is 0 Å². The zero-order valence-electron chi connectivity index (χ0n) is 6.37. The van der Waals surface area contributed by atoms with E-state index in [0.717, 1.165) is 6.07 Å². The van der Waals surface area contributed by atoms with Crippen molar-refractivity contribution in [2.75, 3.05) is 5.88 Å². The lowest BCUT2D eigenvalue weighted by atomic mass is 10.2. The fraction of sp³-hybridized carbons (Fsp3) is 0.111. The van der Waals surface area contributed by atoms with E-state index in [4.69, 9.17) is 11.6 Å². The second kappa shape index (κ2) is 4.59. The van der Waals surface area contributed by atoms with Crippen molar-refractivity contribution >= 4 is 27.5 Å². The van der Waals surface area contributed by atoms with E-state index in [1.165, 1.54) is 6.07 Å². The lowest BCUT2D eigenvalue weighted by Crippen LogP contribution is -1.90. The zero-order chi connectivity index (χ0) is 9.84. The van der Waals surface area contributed by atoms with Crippen molar-refractivity contribution in [2.24, 2.45) is 0 Å². The highest BCUT2D eigenvalue weighted by atomic mass is 79.9. The lowest BCUT2D eigenvalue weighted by Gasteiger charge is -1.98. The van der Waals surface area contributed by atoms with Crippen LogP contribution in [0.25, 0.3) is 0 Å². The molecule has 0 aromatic heterocycles. The van der Waals surface area contributed by atoms with Crippen LogP contribution in [0.1, 0.15) is 5.56 Å². The van der Waals surface area contributed by atoms with Crippen LogP contribution in [0.3, 0.4) is 0 Å². The van der Waals surface area contributed by atoms with Crippen LogP contribution < -0.4 is 0 Å². The van der Waals surface area contributed by atoms with Gasteiger partial charge in [0.15, 0.2) is 5.82 Å². The molecule has 0 aliphatic heterocycles. The van der Waals surface area contributed by atoms with Crippen molar-refractivity contribution in [2.45, 2.75) is 0 Å². The van der Waals surface area contributed by atoms with E-state index in [1.54, 1.807) is 0 Å². The van der Waals surface area contributed by atoms with E-state index in [9.17, 15) is 8.78 Å². The Balaban J connectivity index is 3.25. The van der Waals surface area contributed by atoms with Gasteiger partial charge in [-0.15, -0.1) is 11.6 Å². The molecular weight excluding hydrogens is 261 g/mol. The molecule has 0 fully saturated rings. The molecule has 0 saturated carbocycles. The van der Waals surface area contributed by atoms with Crippen LogP contribution in [0.15, 0.2) is 16.6 Å². The SMILES string of the molecule is Fc1ccc(Br)c(F)c1C#CCCl. The summed E-state index contributed by atoms with van der Waals surface area (Å²) >= 11 is 8.20. The highest BCUT2D eigenvalue weighted by molar-refractivity contribution is 9.10. The van der Waals surface area contributed by atoms with Gasteiger partial charge in [-0.2, -0.15) is 0 Å². The molecule has 0 radical (unpaired) electrons. The number of rotatable bonds is 0. The highest BCUT2D eigenvalue weighted by Gasteiger charge is 2.09. The molecule has 1 aromatic carbocycles. The minimum absolute atomic E-state index is 0.0470. The van der Waals surface area contributed by atoms with E-state index in [1.807, 2.05) is 0 Å². The first-order valence-electron chi connectivity index (χ1n) is 3.35. The van der Waals surface area contributed by atoms with Crippen LogP contribution in [0.5, 0.6) is 0 Å². The molecule has 4 heteroatoms. The fourth-order valence-electron chi connectivity index (χ4n) is 0.763. The molecule has 1 aromatic rings. The summed E-state index contributed by atoms with van der Waals surface area (Å²) < 4.78 is 26.3. The third kappa shape index (κ3) is 2.43. The van der Waals surface area contributed by atoms with Gasteiger partial charge in [0, 0.05) is 0 Å². The van der Waals surface area contributed by atoms with Gasteiger partial charge in [-0.1, -0.05) is 11.8 Å². The Morgan fingerprint density at radius 1 is 1.38 bits per heavy atom. The highest BCUT2D eigenvalue weighted by Crippen LogP contribution is 2.20. The standard InChI is InChI=1S/C9H4BrClF2/c10-7-3-4-8(12)6(9(7)13)2-1-5-11/h3-4H,5H2. The van der Waals surface area contributed by atoms with Crippen LogP contribution in [0, 0.1) is 23.5 Å². The second-order valence-corrected chi connectivity index (χ2v) is 3.28. The molecule has 68 valence electrons. The molecule has 1 rings (SSSR count). The van der Waals surface area contributed by atoms with E-state index >= 15 is 0 Å². The molecule has 0 amide bonds. The summed E-state index contributed by atoms with van der Waals surface area (Å²) in [5.74, 6) is 3.37. The predicted molar refractivity (Wildman–Crippen MR) is 51.7 cm³/mol. The first-order valence-corrected chi connectivity index (χ1v) is 4.68. The predicted octanol–water partition coefficient (Wildman–Crippen LogP) is 3.32. The van der Waals surface area contributed by atoms with Crippen molar-refractivity contribution in [1.29, 1.82) is 0 Å². The van der Waals surface area contributed by atoms with Crippen LogP contribution in [-0.2, 0) is 0 Å². The van der Waals surface area contributed by atoms with Crippen LogP contribution in [0.2, 0.25) is 0 Å². The minimum Gasteiger partial charge on any atom is -0.206 e. The first-order chi connectivity index (χ1) is 6.16. The van der Waals surface area contributed by atoms with E-state index in [-0.39, 0.29) is 15.9 Å². The van der Waals surface area contributed by atoms with Gasteiger partial charge in [-0.25, -0.2) is 8.78 Å². The molecule has 0 heterocycles. The molecule has 0 bridgehead atoms. The van der Waals surface area contributed by atoms with Crippen LogP contribution in [-0.4, -0.2) is 5.88 Å². The Labute approximate surface area is 88.0 Å². The van der Waals surface area contributed by atoms with Gasteiger partial charge in [0.25, 0.3) is 0 Å². The molecule has 0 saturated heterocycles. The molecule has 0 atom stereocenters. The molecule has 0 unspecified atom stereocenters. The number of alkyl halides is 1. The molecule has 0 spiro atoms. The number of hydrogen-bond donors (Lipinski definition) is 0. The number of halogens is 4. The molecule has 0 aliphatic carbocycles. The second-order valence-electron chi connectivity index (χ2n) is 2.15. The van der Waals surface area contributed by atoms with Crippen molar-refractivity contribution in [1.82, 2.24) is 0 Å². The summed E-state index contributed by atoms with van der Waals surface area (Å²) in [4.78, 5) is 0. The van der Waals surface area contributed by atoms with Crippen LogP contribution in [0.4, 0.5) is 8.78 Å². The average Bonchev–Trinajstić information content (AvgIpc) is 2.12. The topological polar surface area (TPSA) is 0 Å². The first kappa shape index (κ1) is 10.5. The maximum absolute atomic E-state index is 13.2. The zero-order valence-corrected chi connectivity index (χ0v) is 8.72. The maximum Gasteiger partial charge on any atom is 0.155 e. The summed E-state index contributed by atoms with van der Waals surface area (Å²) in [5, 5.41) is 0. The monoisotopic (exact) mass is 264 g/mol. The molecule has 13 heavy (non-hydrogen) atoms. The van der Waals surface area contributed by atoms with Gasteiger partial charge in [0.05, 0.1) is 15.9 Å². The normalized spacial score (nSPS) is 9.23. The van der Waals surface area contributed by atoms with E-state index < -0.39 is 11.6 Å². The largest absolute Gasteiger partial charge is 0.206 e. The summed E-state index contributed by atoms with van der Waals surface area (Å²) in [6.45, 7) is 0. The molecular formula is C9H4BrClF2. The van der Waals surface area contributed by atoms with Gasteiger partial charge in [0.1, 0.15) is 5.82 Å². The smallest absolute Gasteiger partial charge is 0.155 e. The average molecular weight is 265 g/mol. The van der Waals surface area contributed by atoms with E-state index in [0.29, 0.717) is 0 Å². The molecule has 0 N–H and O–H groups in total. The van der Waals surface area contributed by atoms with E-state index in [2.05, 4.69) is 27.8 Å². The van der Waals surface area contributed by atoms with Crippen molar-refractivity contribution < 1.29 is 8.78 Å². The minimum atomic E-state index is -0.697. The Morgan fingerprint density at radius 2 is 2.08 bits per heavy atom.